The third-order valence-electron chi connectivity index (χ3n) is 4.26. The summed E-state index contributed by atoms with van der Waals surface area (Å²) in [5, 5.41) is 0. The second kappa shape index (κ2) is 7.14. The quantitative estimate of drug-likeness (QED) is 0.898. The molecule has 0 radical (unpaired) electrons. The van der Waals surface area contributed by atoms with Crippen LogP contribution in [0.4, 0.5) is 8.78 Å². The van der Waals surface area contributed by atoms with Crippen LogP contribution in [0.25, 0.3) is 0 Å². The van der Waals surface area contributed by atoms with Gasteiger partial charge in [-0.2, -0.15) is 0 Å². The van der Waals surface area contributed by atoms with Gasteiger partial charge in [0.25, 0.3) is 0 Å². The fourth-order valence-electron chi connectivity index (χ4n) is 3.23. The average molecular weight is 283 g/mol. The summed E-state index contributed by atoms with van der Waals surface area (Å²) in [6.07, 6.45) is 6.51. The Bertz CT molecular complexity index is 432. The highest BCUT2D eigenvalue weighted by Crippen LogP contribution is 2.29. The standard InChI is InChI=1S/C16H23F2NO/c1-20-16(12-5-3-2-4-6-12)15(19)10-11-7-8-13(17)14(18)9-11/h7-9,12,15-16H,2-6,10,19H2,1H3. The van der Waals surface area contributed by atoms with Gasteiger partial charge in [0.15, 0.2) is 11.6 Å². The molecule has 0 saturated heterocycles. The summed E-state index contributed by atoms with van der Waals surface area (Å²) in [6.45, 7) is 0. The number of halogens is 2. The molecule has 112 valence electrons. The van der Waals surface area contributed by atoms with Gasteiger partial charge in [0.1, 0.15) is 0 Å². The molecule has 20 heavy (non-hydrogen) atoms. The molecule has 1 aromatic carbocycles. The molecular weight excluding hydrogens is 260 g/mol. The predicted octanol–water partition coefficient (Wildman–Crippen LogP) is 3.43. The highest BCUT2D eigenvalue weighted by Gasteiger charge is 2.28. The van der Waals surface area contributed by atoms with E-state index in [9.17, 15) is 8.78 Å². The summed E-state index contributed by atoms with van der Waals surface area (Å²) >= 11 is 0. The molecule has 1 aliphatic rings. The first-order valence-electron chi connectivity index (χ1n) is 7.34. The van der Waals surface area contributed by atoms with E-state index in [2.05, 4.69) is 0 Å². The monoisotopic (exact) mass is 283 g/mol. The SMILES string of the molecule is COC(C(N)Cc1ccc(F)c(F)c1)C1CCCCC1. The van der Waals surface area contributed by atoms with Gasteiger partial charge < -0.3 is 10.5 Å². The smallest absolute Gasteiger partial charge is 0.159 e. The number of rotatable bonds is 5. The second-order valence-corrected chi connectivity index (χ2v) is 5.71. The minimum Gasteiger partial charge on any atom is -0.380 e. The summed E-state index contributed by atoms with van der Waals surface area (Å²) in [5.41, 5.74) is 6.96. The summed E-state index contributed by atoms with van der Waals surface area (Å²) in [7, 11) is 1.68. The first-order valence-corrected chi connectivity index (χ1v) is 7.34. The molecule has 0 heterocycles. The Balaban J connectivity index is 2.00. The van der Waals surface area contributed by atoms with Crippen LogP contribution in [0.1, 0.15) is 37.7 Å². The Morgan fingerprint density at radius 1 is 1.20 bits per heavy atom. The summed E-state index contributed by atoms with van der Waals surface area (Å²) < 4.78 is 31.7. The second-order valence-electron chi connectivity index (χ2n) is 5.71. The Hall–Kier alpha value is -1.00. The molecular formula is C16H23F2NO. The Morgan fingerprint density at radius 3 is 2.50 bits per heavy atom. The molecule has 2 atom stereocenters. The van der Waals surface area contributed by atoms with Gasteiger partial charge in [0.05, 0.1) is 6.10 Å². The molecule has 1 saturated carbocycles. The van der Waals surface area contributed by atoms with Gasteiger partial charge in [0.2, 0.25) is 0 Å². The van der Waals surface area contributed by atoms with Crippen molar-refractivity contribution in [1.29, 1.82) is 0 Å². The number of methoxy groups -OCH3 is 1. The van der Waals surface area contributed by atoms with E-state index in [4.69, 9.17) is 10.5 Å². The number of nitrogens with two attached hydrogens (primary N) is 1. The molecule has 0 aliphatic heterocycles. The van der Waals surface area contributed by atoms with Crippen LogP contribution in [0.2, 0.25) is 0 Å². The van der Waals surface area contributed by atoms with E-state index in [0.717, 1.165) is 18.9 Å². The van der Waals surface area contributed by atoms with Crippen LogP contribution in [-0.2, 0) is 11.2 Å². The highest BCUT2D eigenvalue weighted by atomic mass is 19.2. The molecule has 4 heteroatoms. The maximum atomic E-state index is 13.2. The zero-order chi connectivity index (χ0) is 14.5. The lowest BCUT2D eigenvalue weighted by atomic mass is 9.81. The molecule has 2 nitrogen and oxygen atoms in total. The molecule has 1 aromatic rings. The minimum absolute atomic E-state index is 0.0107. The Labute approximate surface area is 119 Å². The third-order valence-corrected chi connectivity index (χ3v) is 4.26. The molecule has 0 aromatic heterocycles. The van der Waals surface area contributed by atoms with E-state index in [0.29, 0.717) is 17.9 Å². The molecule has 2 unspecified atom stereocenters. The van der Waals surface area contributed by atoms with Crippen LogP contribution in [0, 0.1) is 17.6 Å². The number of ether oxygens (including phenoxy) is 1. The predicted molar refractivity (Wildman–Crippen MR) is 75.4 cm³/mol. The maximum absolute atomic E-state index is 13.2. The third kappa shape index (κ3) is 3.76. The highest BCUT2D eigenvalue weighted by molar-refractivity contribution is 5.19. The molecule has 1 aliphatic carbocycles. The molecule has 0 bridgehead atoms. The van der Waals surface area contributed by atoms with Gasteiger partial charge in [0, 0.05) is 13.2 Å². The van der Waals surface area contributed by atoms with Crippen LogP contribution in [0.5, 0.6) is 0 Å². The van der Waals surface area contributed by atoms with Crippen molar-refractivity contribution in [2.24, 2.45) is 11.7 Å². The van der Waals surface area contributed by atoms with Crippen LogP contribution >= 0.6 is 0 Å². The Morgan fingerprint density at radius 2 is 1.90 bits per heavy atom. The zero-order valence-corrected chi connectivity index (χ0v) is 11.9. The lowest BCUT2D eigenvalue weighted by Gasteiger charge is -2.33. The lowest BCUT2D eigenvalue weighted by molar-refractivity contribution is 0.0178. The Kier molecular flexibility index (Phi) is 5.49. The fourth-order valence-corrected chi connectivity index (χ4v) is 3.23. The summed E-state index contributed by atoms with van der Waals surface area (Å²) in [4.78, 5) is 0. The molecule has 2 rings (SSSR count). The van der Waals surface area contributed by atoms with Gasteiger partial charge in [-0.3, -0.25) is 0 Å². The summed E-state index contributed by atoms with van der Waals surface area (Å²) in [5.74, 6) is -1.16. The van der Waals surface area contributed by atoms with Crippen molar-refractivity contribution in [3.63, 3.8) is 0 Å². The van der Waals surface area contributed by atoms with E-state index < -0.39 is 11.6 Å². The largest absolute Gasteiger partial charge is 0.380 e. The van der Waals surface area contributed by atoms with E-state index in [-0.39, 0.29) is 12.1 Å². The van der Waals surface area contributed by atoms with E-state index in [1.165, 1.54) is 25.3 Å². The van der Waals surface area contributed by atoms with Gasteiger partial charge in [-0.25, -0.2) is 8.78 Å². The van der Waals surface area contributed by atoms with E-state index in [1.54, 1.807) is 13.2 Å². The summed E-state index contributed by atoms with van der Waals surface area (Å²) in [6, 6.07) is 3.78. The van der Waals surface area contributed by atoms with Crippen LogP contribution in [-0.4, -0.2) is 19.3 Å². The van der Waals surface area contributed by atoms with Crippen molar-refractivity contribution in [1.82, 2.24) is 0 Å². The first kappa shape index (κ1) is 15.4. The van der Waals surface area contributed by atoms with Gasteiger partial charge in [-0.1, -0.05) is 25.3 Å². The molecule has 0 spiro atoms. The van der Waals surface area contributed by atoms with Crippen molar-refractivity contribution in [2.45, 2.75) is 50.7 Å². The van der Waals surface area contributed by atoms with Crippen molar-refractivity contribution >= 4 is 0 Å². The first-order chi connectivity index (χ1) is 9.61. The molecule has 2 N–H and O–H groups in total. The number of hydrogen-bond donors (Lipinski definition) is 1. The lowest BCUT2D eigenvalue weighted by Crippen LogP contribution is -2.43. The van der Waals surface area contributed by atoms with Gasteiger partial charge >= 0.3 is 0 Å². The van der Waals surface area contributed by atoms with Gasteiger partial charge in [-0.05, 0) is 42.9 Å². The molecule has 1 fully saturated rings. The normalized spacial score (nSPS) is 19.8. The number of hydrogen-bond acceptors (Lipinski definition) is 2. The zero-order valence-electron chi connectivity index (χ0n) is 11.9. The molecule has 0 amide bonds. The van der Waals surface area contributed by atoms with Crippen LogP contribution in [0.15, 0.2) is 18.2 Å². The van der Waals surface area contributed by atoms with Crippen molar-refractivity contribution in [3.8, 4) is 0 Å². The minimum atomic E-state index is -0.821. The van der Waals surface area contributed by atoms with Crippen molar-refractivity contribution in [2.75, 3.05) is 7.11 Å². The fraction of sp³-hybridized carbons (Fsp3) is 0.625. The maximum Gasteiger partial charge on any atom is 0.159 e. The number of benzene rings is 1. The topological polar surface area (TPSA) is 35.2 Å². The van der Waals surface area contributed by atoms with Crippen molar-refractivity contribution in [3.05, 3.63) is 35.4 Å². The average Bonchev–Trinajstić information content (AvgIpc) is 2.45. The van der Waals surface area contributed by atoms with E-state index >= 15 is 0 Å². The van der Waals surface area contributed by atoms with E-state index in [1.807, 2.05) is 0 Å². The van der Waals surface area contributed by atoms with Crippen LogP contribution in [0.3, 0.4) is 0 Å². The van der Waals surface area contributed by atoms with Gasteiger partial charge in [-0.15, -0.1) is 0 Å². The van der Waals surface area contributed by atoms with Crippen LogP contribution < -0.4 is 5.73 Å². The van der Waals surface area contributed by atoms with Crippen molar-refractivity contribution < 1.29 is 13.5 Å².